The third kappa shape index (κ3) is 1.26. The van der Waals surface area contributed by atoms with Crippen LogP contribution in [0.5, 0.6) is 0 Å². The van der Waals surface area contributed by atoms with E-state index in [4.69, 9.17) is 0 Å². The van der Waals surface area contributed by atoms with Crippen molar-refractivity contribution in [3.05, 3.63) is 0 Å². The van der Waals surface area contributed by atoms with E-state index >= 15 is 0 Å². The molecule has 4 heteroatoms. The zero-order chi connectivity index (χ0) is 7.68. The molecule has 0 aromatic carbocycles. The van der Waals surface area contributed by atoms with Gasteiger partial charge in [0.15, 0.2) is 0 Å². The van der Waals surface area contributed by atoms with Crippen molar-refractivity contribution in [2.24, 2.45) is 5.16 Å². The number of carbonyl (C=O) groups excluding carboxylic acids is 1. The summed E-state index contributed by atoms with van der Waals surface area (Å²) in [6.45, 7) is 1.03. The SMILES string of the molecule is O=C1CC([C@@H]2CCCN2)=NO1. The molecule has 2 aliphatic rings. The van der Waals surface area contributed by atoms with E-state index < -0.39 is 0 Å². The molecule has 1 atom stereocenters. The maximum absolute atomic E-state index is 10.6. The van der Waals surface area contributed by atoms with Gasteiger partial charge in [-0.25, -0.2) is 4.79 Å². The molecule has 4 nitrogen and oxygen atoms in total. The molecule has 2 rings (SSSR count). The number of nitrogens with zero attached hydrogens (tertiary/aromatic N) is 1. The fraction of sp³-hybridized carbons (Fsp3) is 0.714. The molecule has 0 unspecified atom stereocenters. The average molecular weight is 154 g/mol. The summed E-state index contributed by atoms with van der Waals surface area (Å²) in [5.41, 5.74) is 0.868. The monoisotopic (exact) mass is 154 g/mol. The minimum Gasteiger partial charge on any atom is -0.318 e. The number of oxime groups is 1. The molecule has 11 heavy (non-hydrogen) atoms. The summed E-state index contributed by atoms with van der Waals surface area (Å²) in [5.74, 6) is -0.228. The molecule has 2 aliphatic heterocycles. The number of carbonyl (C=O) groups is 1. The van der Waals surface area contributed by atoms with E-state index in [1.807, 2.05) is 0 Å². The van der Waals surface area contributed by atoms with Gasteiger partial charge in [-0.3, -0.25) is 0 Å². The Hall–Kier alpha value is -0.900. The van der Waals surface area contributed by atoms with Crippen LogP contribution in [0.15, 0.2) is 5.16 Å². The van der Waals surface area contributed by atoms with Crippen LogP contribution < -0.4 is 5.32 Å². The van der Waals surface area contributed by atoms with Crippen molar-refractivity contribution in [1.82, 2.24) is 5.32 Å². The van der Waals surface area contributed by atoms with Crippen molar-refractivity contribution < 1.29 is 9.63 Å². The van der Waals surface area contributed by atoms with E-state index in [2.05, 4.69) is 15.3 Å². The molecule has 0 spiro atoms. The van der Waals surface area contributed by atoms with E-state index in [1.165, 1.54) is 0 Å². The van der Waals surface area contributed by atoms with Crippen LogP contribution in [0.1, 0.15) is 19.3 Å². The Morgan fingerprint density at radius 2 is 2.55 bits per heavy atom. The highest BCUT2D eigenvalue weighted by Crippen LogP contribution is 2.13. The lowest BCUT2D eigenvalue weighted by molar-refractivity contribution is -0.140. The Bertz CT molecular complexity index is 206. The highest BCUT2D eigenvalue weighted by Gasteiger charge is 2.27. The third-order valence-corrected chi connectivity index (χ3v) is 2.05. The first-order valence-corrected chi connectivity index (χ1v) is 3.86. The van der Waals surface area contributed by atoms with Crippen molar-refractivity contribution >= 4 is 11.7 Å². The summed E-state index contributed by atoms with van der Waals surface area (Å²) in [4.78, 5) is 15.1. The zero-order valence-corrected chi connectivity index (χ0v) is 6.17. The Labute approximate surface area is 64.6 Å². The molecule has 1 N–H and O–H groups in total. The van der Waals surface area contributed by atoms with Crippen LogP contribution in [0, 0.1) is 0 Å². The van der Waals surface area contributed by atoms with Crippen molar-refractivity contribution in [3.63, 3.8) is 0 Å². The van der Waals surface area contributed by atoms with E-state index in [0.29, 0.717) is 12.5 Å². The molecular weight excluding hydrogens is 144 g/mol. The molecule has 0 aromatic rings. The fourth-order valence-corrected chi connectivity index (χ4v) is 1.48. The molecule has 0 aliphatic carbocycles. The fourth-order valence-electron chi connectivity index (χ4n) is 1.48. The first kappa shape index (κ1) is 6.79. The van der Waals surface area contributed by atoms with Gasteiger partial charge in [-0.15, -0.1) is 0 Å². The highest BCUT2D eigenvalue weighted by atomic mass is 16.7. The summed E-state index contributed by atoms with van der Waals surface area (Å²) in [5, 5.41) is 6.96. The molecule has 2 heterocycles. The largest absolute Gasteiger partial charge is 0.340 e. The Morgan fingerprint density at radius 3 is 3.09 bits per heavy atom. The molecule has 60 valence electrons. The number of hydrogen-bond acceptors (Lipinski definition) is 4. The molecular formula is C7H10N2O2. The summed E-state index contributed by atoms with van der Waals surface area (Å²) in [6.07, 6.45) is 2.62. The predicted octanol–water partition coefficient (Wildman–Crippen LogP) is 0.0413. The van der Waals surface area contributed by atoms with Crippen LogP contribution in [0.2, 0.25) is 0 Å². The van der Waals surface area contributed by atoms with Crippen molar-refractivity contribution in [2.45, 2.75) is 25.3 Å². The van der Waals surface area contributed by atoms with Gasteiger partial charge < -0.3 is 10.2 Å². The van der Waals surface area contributed by atoms with Gasteiger partial charge in [0.2, 0.25) is 0 Å². The first-order chi connectivity index (χ1) is 5.36. The molecule has 0 saturated carbocycles. The Kier molecular flexibility index (Phi) is 1.62. The molecule has 1 fully saturated rings. The summed E-state index contributed by atoms with van der Waals surface area (Å²) < 4.78 is 0. The third-order valence-electron chi connectivity index (χ3n) is 2.05. The highest BCUT2D eigenvalue weighted by molar-refractivity contribution is 6.04. The maximum Gasteiger partial charge on any atom is 0.340 e. The minimum absolute atomic E-state index is 0.228. The quantitative estimate of drug-likeness (QED) is 0.542. The van der Waals surface area contributed by atoms with Crippen LogP contribution in [0.4, 0.5) is 0 Å². The van der Waals surface area contributed by atoms with Gasteiger partial charge in [0.05, 0.1) is 12.1 Å². The normalized spacial score (nSPS) is 30.4. The van der Waals surface area contributed by atoms with Crippen molar-refractivity contribution in [2.75, 3.05) is 6.54 Å². The lowest BCUT2D eigenvalue weighted by Crippen LogP contribution is -2.30. The summed E-state index contributed by atoms with van der Waals surface area (Å²) >= 11 is 0. The smallest absolute Gasteiger partial charge is 0.318 e. The zero-order valence-electron chi connectivity index (χ0n) is 6.17. The number of rotatable bonds is 1. The van der Waals surface area contributed by atoms with Crippen LogP contribution in [0.3, 0.4) is 0 Å². The van der Waals surface area contributed by atoms with E-state index in [-0.39, 0.29) is 5.97 Å². The van der Waals surface area contributed by atoms with Crippen LogP contribution >= 0.6 is 0 Å². The second-order valence-electron chi connectivity index (χ2n) is 2.87. The number of nitrogens with one attached hydrogen (secondary N) is 1. The summed E-state index contributed by atoms with van der Waals surface area (Å²) in [6, 6.07) is 0.293. The van der Waals surface area contributed by atoms with Crippen LogP contribution in [-0.4, -0.2) is 24.3 Å². The predicted molar refractivity (Wildman–Crippen MR) is 39.2 cm³/mol. The van der Waals surface area contributed by atoms with Crippen molar-refractivity contribution in [1.29, 1.82) is 0 Å². The van der Waals surface area contributed by atoms with Crippen molar-refractivity contribution in [3.8, 4) is 0 Å². The van der Waals surface area contributed by atoms with Gasteiger partial charge in [0, 0.05) is 6.04 Å². The minimum atomic E-state index is -0.228. The molecule has 0 aromatic heterocycles. The second kappa shape index (κ2) is 2.62. The van der Waals surface area contributed by atoms with Crippen LogP contribution in [0.25, 0.3) is 0 Å². The van der Waals surface area contributed by atoms with E-state index in [0.717, 1.165) is 25.1 Å². The average Bonchev–Trinajstić information content (AvgIpc) is 2.55. The second-order valence-corrected chi connectivity index (χ2v) is 2.87. The lowest BCUT2D eigenvalue weighted by atomic mass is 10.1. The van der Waals surface area contributed by atoms with E-state index in [9.17, 15) is 4.79 Å². The van der Waals surface area contributed by atoms with Gasteiger partial charge in [0.25, 0.3) is 0 Å². The summed E-state index contributed by atoms with van der Waals surface area (Å²) in [7, 11) is 0. The molecule has 0 bridgehead atoms. The van der Waals surface area contributed by atoms with Gasteiger partial charge in [0.1, 0.15) is 0 Å². The number of hydrogen-bond donors (Lipinski definition) is 1. The molecule has 1 saturated heterocycles. The van der Waals surface area contributed by atoms with Gasteiger partial charge >= 0.3 is 5.97 Å². The Morgan fingerprint density at radius 1 is 1.64 bits per heavy atom. The first-order valence-electron chi connectivity index (χ1n) is 3.86. The lowest BCUT2D eigenvalue weighted by Gasteiger charge is -2.05. The standard InChI is InChI=1S/C7H10N2O2/c10-7-4-6(9-11-7)5-2-1-3-8-5/h5,8H,1-4H2/t5-/m0/s1. The van der Waals surface area contributed by atoms with Crippen LogP contribution in [-0.2, 0) is 9.63 Å². The maximum atomic E-state index is 10.6. The molecule has 0 radical (unpaired) electrons. The molecule has 0 amide bonds. The van der Waals surface area contributed by atoms with Gasteiger partial charge in [-0.1, -0.05) is 5.16 Å². The Balaban J connectivity index is 1.99. The topological polar surface area (TPSA) is 50.7 Å². The van der Waals surface area contributed by atoms with E-state index in [1.54, 1.807) is 0 Å². The van der Waals surface area contributed by atoms with Gasteiger partial charge in [-0.2, -0.15) is 0 Å². The van der Waals surface area contributed by atoms with Gasteiger partial charge in [-0.05, 0) is 19.4 Å².